The molecule has 0 N–H and O–H groups in total. The number of hydrogen-bond donors (Lipinski definition) is 0. The maximum Gasteiger partial charge on any atom is 0.136 e. The van der Waals surface area contributed by atoms with Gasteiger partial charge in [-0.1, -0.05) is 44.2 Å². The van der Waals surface area contributed by atoms with Crippen LogP contribution < -0.4 is 9.64 Å². The number of nitrogens with zero attached hydrogens (tertiary/aromatic N) is 2. The lowest BCUT2D eigenvalue weighted by atomic mass is 9.95. The quantitative estimate of drug-likeness (QED) is 0.612. The van der Waals surface area contributed by atoms with Crippen molar-refractivity contribution in [2.24, 2.45) is 0 Å². The number of ether oxygens (including phenoxy) is 1. The molecule has 26 heavy (non-hydrogen) atoms. The molecule has 0 atom stereocenters. The smallest absolute Gasteiger partial charge is 0.136 e. The first-order chi connectivity index (χ1) is 12.7. The van der Waals surface area contributed by atoms with Gasteiger partial charge >= 0.3 is 0 Å². The number of aromatic nitrogens is 1. The van der Waals surface area contributed by atoms with E-state index in [2.05, 4.69) is 49.1 Å². The molecule has 0 radical (unpaired) electrons. The highest BCUT2D eigenvalue weighted by Crippen LogP contribution is 2.39. The zero-order chi connectivity index (χ0) is 18.1. The average Bonchev–Trinajstić information content (AvgIpc) is 3.21. The van der Waals surface area contributed by atoms with Crippen LogP contribution in [0.2, 0.25) is 0 Å². The Hall–Kier alpha value is -2.55. The van der Waals surface area contributed by atoms with Crippen molar-refractivity contribution < 1.29 is 4.74 Å². The van der Waals surface area contributed by atoms with Crippen LogP contribution >= 0.6 is 0 Å². The lowest BCUT2D eigenvalue weighted by molar-refractivity contribution is 0.416. The summed E-state index contributed by atoms with van der Waals surface area (Å²) in [5.74, 6) is 2.51. The van der Waals surface area contributed by atoms with Gasteiger partial charge in [-0.05, 0) is 41.8 Å². The minimum Gasteiger partial charge on any atom is -0.496 e. The third kappa shape index (κ3) is 2.92. The number of anilines is 1. The van der Waals surface area contributed by atoms with Gasteiger partial charge in [0.2, 0.25) is 0 Å². The molecule has 2 heterocycles. The van der Waals surface area contributed by atoms with E-state index in [1.54, 1.807) is 7.11 Å². The minimum atomic E-state index is 0.501. The number of rotatable bonds is 4. The van der Waals surface area contributed by atoms with Gasteiger partial charge in [0.25, 0.3) is 0 Å². The van der Waals surface area contributed by atoms with Crippen LogP contribution in [0, 0.1) is 0 Å². The van der Waals surface area contributed by atoms with Crippen LogP contribution in [0.25, 0.3) is 21.9 Å². The van der Waals surface area contributed by atoms with Crippen LogP contribution in [0.4, 0.5) is 5.82 Å². The molecule has 2 aromatic carbocycles. The zero-order valence-corrected chi connectivity index (χ0v) is 15.8. The Morgan fingerprint density at radius 1 is 0.962 bits per heavy atom. The first-order valence-corrected chi connectivity index (χ1v) is 9.50. The summed E-state index contributed by atoms with van der Waals surface area (Å²) in [4.78, 5) is 7.34. The molecule has 1 aliphatic heterocycles. The van der Waals surface area contributed by atoms with Crippen molar-refractivity contribution in [3.63, 3.8) is 0 Å². The SMILES string of the molecule is COc1ccccc1-c1cnc(N2CCCC2)c2cc(C(C)C)ccc12. The number of methoxy groups -OCH3 is 1. The topological polar surface area (TPSA) is 25.4 Å². The molecule has 1 fully saturated rings. The van der Waals surface area contributed by atoms with Crippen LogP contribution in [-0.4, -0.2) is 25.2 Å². The van der Waals surface area contributed by atoms with Crippen molar-refractivity contribution in [1.82, 2.24) is 4.98 Å². The standard InChI is InChI=1S/C23H26N2O/c1-16(2)17-10-11-18-20(14-17)23(25-12-6-7-13-25)24-15-21(18)19-8-4-5-9-22(19)26-3/h4-5,8-11,14-16H,6-7,12-13H2,1-3H3. The van der Waals surface area contributed by atoms with Gasteiger partial charge in [-0.25, -0.2) is 4.98 Å². The molecule has 1 aromatic heterocycles. The Bertz CT molecular complexity index is 927. The van der Waals surface area contributed by atoms with Crippen LogP contribution in [0.15, 0.2) is 48.7 Å². The number of fused-ring (bicyclic) bond motifs is 1. The lowest BCUT2D eigenvalue weighted by Crippen LogP contribution is -2.19. The fourth-order valence-electron chi connectivity index (χ4n) is 3.87. The summed E-state index contributed by atoms with van der Waals surface area (Å²) < 4.78 is 5.60. The van der Waals surface area contributed by atoms with Crippen molar-refractivity contribution in [3.05, 3.63) is 54.2 Å². The second kappa shape index (κ2) is 6.99. The lowest BCUT2D eigenvalue weighted by Gasteiger charge is -2.21. The molecule has 0 saturated carbocycles. The van der Waals surface area contributed by atoms with E-state index in [4.69, 9.17) is 9.72 Å². The molecule has 0 bridgehead atoms. The molecule has 1 saturated heterocycles. The average molecular weight is 346 g/mol. The monoisotopic (exact) mass is 346 g/mol. The molecule has 0 aliphatic carbocycles. The molecule has 134 valence electrons. The predicted octanol–water partition coefficient (Wildman–Crippen LogP) is 5.63. The van der Waals surface area contributed by atoms with E-state index < -0.39 is 0 Å². The van der Waals surface area contributed by atoms with Gasteiger partial charge < -0.3 is 9.64 Å². The van der Waals surface area contributed by atoms with Crippen LogP contribution in [0.3, 0.4) is 0 Å². The van der Waals surface area contributed by atoms with Crippen molar-refractivity contribution in [2.75, 3.05) is 25.1 Å². The van der Waals surface area contributed by atoms with E-state index in [1.165, 1.54) is 29.2 Å². The molecule has 0 amide bonds. The van der Waals surface area contributed by atoms with Crippen LogP contribution in [0.1, 0.15) is 38.2 Å². The van der Waals surface area contributed by atoms with Crippen molar-refractivity contribution in [3.8, 4) is 16.9 Å². The zero-order valence-electron chi connectivity index (χ0n) is 15.8. The number of pyridine rings is 1. The Labute approximate surface area is 155 Å². The van der Waals surface area contributed by atoms with Gasteiger partial charge in [0.1, 0.15) is 11.6 Å². The van der Waals surface area contributed by atoms with E-state index in [0.717, 1.165) is 35.8 Å². The maximum absolute atomic E-state index is 5.60. The molecule has 3 heteroatoms. The fourth-order valence-corrected chi connectivity index (χ4v) is 3.87. The summed E-state index contributed by atoms with van der Waals surface area (Å²) in [6.45, 7) is 6.69. The van der Waals surface area contributed by atoms with Gasteiger partial charge in [-0.15, -0.1) is 0 Å². The van der Waals surface area contributed by atoms with Gasteiger partial charge in [0.05, 0.1) is 7.11 Å². The molecule has 4 rings (SSSR count). The largest absolute Gasteiger partial charge is 0.496 e. The van der Waals surface area contributed by atoms with E-state index >= 15 is 0 Å². The highest BCUT2D eigenvalue weighted by Gasteiger charge is 2.19. The Kier molecular flexibility index (Phi) is 4.54. The first kappa shape index (κ1) is 16.9. The van der Waals surface area contributed by atoms with Crippen molar-refractivity contribution in [2.45, 2.75) is 32.6 Å². The second-order valence-electron chi connectivity index (χ2n) is 7.35. The highest BCUT2D eigenvalue weighted by molar-refractivity contribution is 6.03. The maximum atomic E-state index is 5.60. The Morgan fingerprint density at radius 3 is 2.46 bits per heavy atom. The number of para-hydroxylation sites is 1. The van der Waals surface area contributed by atoms with Crippen molar-refractivity contribution >= 4 is 16.6 Å². The van der Waals surface area contributed by atoms with E-state index in [0.29, 0.717) is 5.92 Å². The summed E-state index contributed by atoms with van der Waals surface area (Å²) >= 11 is 0. The van der Waals surface area contributed by atoms with Crippen LogP contribution in [-0.2, 0) is 0 Å². The molecule has 3 nitrogen and oxygen atoms in total. The highest BCUT2D eigenvalue weighted by atomic mass is 16.5. The summed E-state index contributed by atoms with van der Waals surface area (Å²) in [6, 6.07) is 15.0. The number of benzene rings is 2. The first-order valence-electron chi connectivity index (χ1n) is 9.50. The van der Waals surface area contributed by atoms with Gasteiger partial charge in [-0.2, -0.15) is 0 Å². The second-order valence-corrected chi connectivity index (χ2v) is 7.35. The third-order valence-electron chi connectivity index (χ3n) is 5.36. The summed E-state index contributed by atoms with van der Waals surface area (Å²) in [5.41, 5.74) is 3.59. The summed E-state index contributed by atoms with van der Waals surface area (Å²) in [7, 11) is 1.73. The molecular weight excluding hydrogens is 320 g/mol. The van der Waals surface area contributed by atoms with Gasteiger partial charge in [-0.3, -0.25) is 0 Å². The van der Waals surface area contributed by atoms with E-state index in [-0.39, 0.29) is 0 Å². The molecule has 0 unspecified atom stereocenters. The normalized spacial score (nSPS) is 14.4. The van der Waals surface area contributed by atoms with E-state index in [9.17, 15) is 0 Å². The predicted molar refractivity (Wildman–Crippen MR) is 109 cm³/mol. The Morgan fingerprint density at radius 2 is 1.73 bits per heavy atom. The van der Waals surface area contributed by atoms with E-state index in [1.807, 2.05) is 18.3 Å². The fraction of sp³-hybridized carbons (Fsp3) is 0.348. The van der Waals surface area contributed by atoms with Gasteiger partial charge in [0.15, 0.2) is 0 Å². The third-order valence-corrected chi connectivity index (χ3v) is 5.36. The molecule has 0 spiro atoms. The molecule has 1 aliphatic rings. The number of hydrogen-bond acceptors (Lipinski definition) is 3. The summed E-state index contributed by atoms with van der Waals surface area (Å²) in [6.07, 6.45) is 4.52. The molecule has 3 aromatic rings. The van der Waals surface area contributed by atoms with Crippen LogP contribution in [0.5, 0.6) is 5.75 Å². The van der Waals surface area contributed by atoms with Crippen molar-refractivity contribution in [1.29, 1.82) is 0 Å². The summed E-state index contributed by atoms with van der Waals surface area (Å²) in [5, 5.41) is 2.50. The minimum absolute atomic E-state index is 0.501. The van der Waals surface area contributed by atoms with Gasteiger partial charge in [0, 0.05) is 35.8 Å². The Balaban J connectivity index is 1.97. The molecular formula is C23H26N2O.